The number of para-hydroxylation sites is 1. The molecule has 1 fully saturated rings. The first-order chi connectivity index (χ1) is 8.74. The van der Waals surface area contributed by atoms with Crippen LogP contribution < -0.4 is 5.32 Å². The second-order valence-corrected chi connectivity index (χ2v) is 6.06. The molecule has 0 spiro atoms. The summed E-state index contributed by atoms with van der Waals surface area (Å²) in [4.78, 5) is 2.68. The highest BCUT2D eigenvalue weighted by Gasteiger charge is 2.28. The van der Waals surface area contributed by atoms with Crippen molar-refractivity contribution < 1.29 is 0 Å². The number of nitrogens with zero attached hydrogens (tertiary/aromatic N) is 1. The Kier molecular flexibility index (Phi) is 3.29. The SMILES string of the molecule is CC1CCCN(CC2Cc3ccccc3N2)C1C. The first kappa shape index (κ1) is 12.0. The second-order valence-electron chi connectivity index (χ2n) is 6.06. The van der Waals surface area contributed by atoms with Gasteiger partial charge in [-0.2, -0.15) is 0 Å². The molecule has 2 nitrogen and oxygen atoms in total. The van der Waals surface area contributed by atoms with E-state index < -0.39 is 0 Å². The van der Waals surface area contributed by atoms with E-state index in [1.807, 2.05) is 0 Å². The van der Waals surface area contributed by atoms with Crippen LogP contribution in [0.4, 0.5) is 5.69 Å². The minimum absolute atomic E-state index is 0.607. The highest BCUT2D eigenvalue weighted by molar-refractivity contribution is 5.56. The van der Waals surface area contributed by atoms with Crippen LogP contribution in [0.1, 0.15) is 32.3 Å². The monoisotopic (exact) mass is 244 g/mol. The van der Waals surface area contributed by atoms with E-state index in [1.165, 1.54) is 43.6 Å². The molecule has 0 amide bonds. The molecule has 1 aromatic rings. The van der Waals surface area contributed by atoms with Gasteiger partial charge in [-0.25, -0.2) is 0 Å². The zero-order valence-corrected chi connectivity index (χ0v) is 11.5. The Bertz CT molecular complexity index is 390. The van der Waals surface area contributed by atoms with Crippen LogP contribution in [0.3, 0.4) is 0 Å². The molecular weight excluding hydrogens is 220 g/mol. The van der Waals surface area contributed by atoms with E-state index >= 15 is 0 Å². The molecular formula is C16H24N2. The van der Waals surface area contributed by atoms with Crippen LogP contribution in [0.5, 0.6) is 0 Å². The maximum absolute atomic E-state index is 3.68. The summed E-state index contributed by atoms with van der Waals surface area (Å²) >= 11 is 0. The minimum Gasteiger partial charge on any atom is -0.380 e. The van der Waals surface area contributed by atoms with E-state index in [1.54, 1.807) is 0 Å². The first-order valence-electron chi connectivity index (χ1n) is 7.32. The van der Waals surface area contributed by atoms with Gasteiger partial charge >= 0.3 is 0 Å². The smallest absolute Gasteiger partial charge is 0.0429 e. The third kappa shape index (κ3) is 2.26. The molecule has 0 saturated carbocycles. The molecule has 0 aromatic heterocycles. The fourth-order valence-electron chi connectivity index (χ4n) is 3.45. The Morgan fingerprint density at radius 1 is 1.28 bits per heavy atom. The predicted molar refractivity (Wildman–Crippen MR) is 77.0 cm³/mol. The normalized spacial score (nSPS) is 32.0. The van der Waals surface area contributed by atoms with E-state index in [0.29, 0.717) is 6.04 Å². The van der Waals surface area contributed by atoms with Crippen LogP contribution in [-0.2, 0) is 6.42 Å². The lowest BCUT2D eigenvalue weighted by Crippen LogP contribution is -2.47. The van der Waals surface area contributed by atoms with Gasteiger partial charge in [0.25, 0.3) is 0 Å². The largest absolute Gasteiger partial charge is 0.380 e. The van der Waals surface area contributed by atoms with Crippen LogP contribution in [0.25, 0.3) is 0 Å². The van der Waals surface area contributed by atoms with Gasteiger partial charge < -0.3 is 5.32 Å². The highest BCUT2D eigenvalue weighted by Crippen LogP contribution is 2.28. The number of fused-ring (bicyclic) bond motifs is 1. The molecule has 1 N–H and O–H groups in total. The minimum atomic E-state index is 0.607. The Morgan fingerprint density at radius 3 is 2.94 bits per heavy atom. The molecule has 0 radical (unpaired) electrons. The van der Waals surface area contributed by atoms with Gasteiger partial charge in [0.15, 0.2) is 0 Å². The molecule has 0 aliphatic carbocycles. The number of piperidine rings is 1. The highest BCUT2D eigenvalue weighted by atomic mass is 15.2. The summed E-state index contributed by atoms with van der Waals surface area (Å²) in [5, 5.41) is 3.68. The van der Waals surface area contributed by atoms with Gasteiger partial charge in [-0.3, -0.25) is 4.90 Å². The van der Waals surface area contributed by atoms with Crippen molar-refractivity contribution in [3.63, 3.8) is 0 Å². The van der Waals surface area contributed by atoms with Crippen molar-refractivity contribution in [1.82, 2.24) is 4.90 Å². The number of hydrogen-bond donors (Lipinski definition) is 1. The third-order valence-corrected chi connectivity index (χ3v) is 4.80. The van der Waals surface area contributed by atoms with Gasteiger partial charge in [-0.05, 0) is 50.3 Å². The lowest BCUT2D eigenvalue weighted by Gasteiger charge is -2.39. The maximum atomic E-state index is 3.68. The Labute approximate surface area is 110 Å². The molecule has 2 heteroatoms. The van der Waals surface area contributed by atoms with Crippen molar-refractivity contribution in [2.24, 2.45) is 5.92 Å². The standard InChI is InChI=1S/C16H24N2/c1-12-6-5-9-18(13(12)2)11-15-10-14-7-3-4-8-16(14)17-15/h3-4,7-8,12-13,15,17H,5-6,9-11H2,1-2H3. The van der Waals surface area contributed by atoms with Crippen molar-refractivity contribution in [1.29, 1.82) is 0 Å². The second kappa shape index (κ2) is 4.93. The van der Waals surface area contributed by atoms with Crippen LogP contribution in [0.2, 0.25) is 0 Å². The van der Waals surface area contributed by atoms with E-state index in [4.69, 9.17) is 0 Å². The van der Waals surface area contributed by atoms with Gasteiger partial charge in [0, 0.05) is 24.3 Å². The fourth-order valence-corrected chi connectivity index (χ4v) is 3.45. The van der Waals surface area contributed by atoms with Crippen molar-refractivity contribution >= 4 is 5.69 Å². The lowest BCUT2D eigenvalue weighted by molar-refractivity contribution is 0.110. The summed E-state index contributed by atoms with van der Waals surface area (Å²) in [5.41, 5.74) is 2.83. The number of anilines is 1. The molecule has 2 aliphatic rings. The number of hydrogen-bond acceptors (Lipinski definition) is 2. The average molecular weight is 244 g/mol. The van der Waals surface area contributed by atoms with E-state index in [9.17, 15) is 0 Å². The number of rotatable bonds is 2. The first-order valence-corrected chi connectivity index (χ1v) is 7.32. The van der Waals surface area contributed by atoms with Crippen LogP contribution in [0, 0.1) is 5.92 Å². The molecule has 1 aromatic carbocycles. The zero-order valence-electron chi connectivity index (χ0n) is 11.5. The molecule has 98 valence electrons. The molecule has 2 heterocycles. The van der Waals surface area contributed by atoms with Crippen LogP contribution >= 0.6 is 0 Å². The fraction of sp³-hybridized carbons (Fsp3) is 0.625. The lowest BCUT2D eigenvalue weighted by atomic mass is 9.91. The summed E-state index contributed by atoms with van der Waals surface area (Å²) in [7, 11) is 0. The van der Waals surface area contributed by atoms with Crippen molar-refractivity contribution in [2.45, 2.75) is 45.2 Å². The van der Waals surface area contributed by atoms with Crippen molar-refractivity contribution in [3.8, 4) is 0 Å². The molecule has 18 heavy (non-hydrogen) atoms. The summed E-state index contributed by atoms with van der Waals surface area (Å²) in [6.07, 6.45) is 3.95. The average Bonchev–Trinajstić information content (AvgIpc) is 2.77. The van der Waals surface area contributed by atoms with Crippen LogP contribution in [0.15, 0.2) is 24.3 Å². The quantitative estimate of drug-likeness (QED) is 0.860. The van der Waals surface area contributed by atoms with Gasteiger partial charge in [-0.1, -0.05) is 25.1 Å². The number of benzene rings is 1. The van der Waals surface area contributed by atoms with Gasteiger partial charge in [0.1, 0.15) is 0 Å². The topological polar surface area (TPSA) is 15.3 Å². The third-order valence-electron chi connectivity index (χ3n) is 4.80. The van der Waals surface area contributed by atoms with E-state index in [0.717, 1.165) is 12.0 Å². The molecule has 0 bridgehead atoms. The van der Waals surface area contributed by atoms with Crippen LogP contribution in [-0.4, -0.2) is 30.1 Å². The summed E-state index contributed by atoms with van der Waals surface area (Å²) < 4.78 is 0. The Morgan fingerprint density at radius 2 is 2.11 bits per heavy atom. The van der Waals surface area contributed by atoms with Gasteiger partial charge in [0.05, 0.1) is 0 Å². The number of likely N-dealkylation sites (tertiary alicyclic amines) is 1. The Hall–Kier alpha value is -1.02. The summed E-state index contributed by atoms with van der Waals surface area (Å²) in [6.45, 7) is 7.26. The van der Waals surface area contributed by atoms with E-state index in [-0.39, 0.29) is 0 Å². The van der Waals surface area contributed by atoms with Crippen molar-refractivity contribution in [3.05, 3.63) is 29.8 Å². The maximum Gasteiger partial charge on any atom is 0.0429 e. The molecule has 3 atom stereocenters. The summed E-state index contributed by atoms with van der Waals surface area (Å²) in [6, 6.07) is 10.1. The Balaban J connectivity index is 1.62. The predicted octanol–water partition coefficient (Wildman–Crippen LogP) is 3.14. The van der Waals surface area contributed by atoms with Crippen molar-refractivity contribution in [2.75, 3.05) is 18.4 Å². The molecule has 3 unspecified atom stereocenters. The van der Waals surface area contributed by atoms with Gasteiger partial charge in [0.2, 0.25) is 0 Å². The molecule has 3 rings (SSSR count). The number of nitrogens with one attached hydrogen (secondary N) is 1. The molecule has 1 saturated heterocycles. The molecule has 2 aliphatic heterocycles. The zero-order chi connectivity index (χ0) is 12.5. The summed E-state index contributed by atoms with van der Waals surface area (Å²) in [5.74, 6) is 0.850. The van der Waals surface area contributed by atoms with Gasteiger partial charge in [-0.15, -0.1) is 0 Å². The van der Waals surface area contributed by atoms with E-state index in [2.05, 4.69) is 48.3 Å².